The number of allylic oxidation sites excluding steroid dienone is 3. The van der Waals surface area contributed by atoms with Crippen LogP contribution in [-0.4, -0.2) is 11.3 Å². The van der Waals surface area contributed by atoms with Gasteiger partial charge in [0, 0.05) is 6.21 Å². The minimum Gasteiger partial charge on any atom is -0.493 e. The average Bonchev–Trinajstić information content (AvgIpc) is 1.85. The van der Waals surface area contributed by atoms with Crippen molar-refractivity contribution in [3.63, 3.8) is 0 Å². The molecule has 0 saturated carbocycles. The Bertz CT molecular complexity index is 156. The minimum absolute atomic E-state index is 0.0649. The SMILES string of the molecule is C=C/C=N\C(O)=C/C=C. The van der Waals surface area contributed by atoms with Crippen molar-refractivity contribution in [1.29, 1.82) is 0 Å². The summed E-state index contributed by atoms with van der Waals surface area (Å²) in [6.45, 7) is 6.75. The molecule has 0 aromatic carbocycles. The fourth-order valence-electron chi connectivity index (χ4n) is 0.278. The molecule has 2 nitrogen and oxygen atoms in total. The lowest BCUT2D eigenvalue weighted by atomic mass is 10.6. The van der Waals surface area contributed by atoms with Gasteiger partial charge in [-0.2, -0.15) is 0 Å². The zero-order valence-electron chi connectivity index (χ0n) is 5.12. The van der Waals surface area contributed by atoms with E-state index in [9.17, 15) is 0 Å². The summed E-state index contributed by atoms with van der Waals surface area (Å²) in [7, 11) is 0. The minimum atomic E-state index is -0.0649. The highest BCUT2D eigenvalue weighted by Crippen LogP contribution is 1.87. The van der Waals surface area contributed by atoms with E-state index in [-0.39, 0.29) is 5.88 Å². The van der Waals surface area contributed by atoms with Gasteiger partial charge in [0.05, 0.1) is 0 Å². The van der Waals surface area contributed by atoms with Crippen molar-refractivity contribution in [2.24, 2.45) is 4.99 Å². The normalized spacial score (nSPS) is 11.8. The molecule has 0 atom stereocenters. The molecular formula is C7H9NO. The van der Waals surface area contributed by atoms with Crippen LogP contribution in [0, 0.1) is 0 Å². The first-order valence-corrected chi connectivity index (χ1v) is 2.48. The van der Waals surface area contributed by atoms with E-state index >= 15 is 0 Å². The zero-order chi connectivity index (χ0) is 7.11. The lowest BCUT2D eigenvalue weighted by Gasteiger charge is -1.82. The fraction of sp³-hybridized carbons (Fsp3) is 0. The molecule has 0 aliphatic heterocycles. The number of hydrogen-bond acceptors (Lipinski definition) is 2. The van der Waals surface area contributed by atoms with Gasteiger partial charge in [0.15, 0.2) is 0 Å². The second-order valence-corrected chi connectivity index (χ2v) is 1.27. The first kappa shape index (κ1) is 7.69. The Morgan fingerprint density at radius 1 is 1.33 bits per heavy atom. The number of aliphatic hydroxyl groups is 1. The summed E-state index contributed by atoms with van der Waals surface area (Å²) in [6, 6.07) is 0. The van der Waals surface area contributed by atoms with Crippen LogP contribution < -0.4 is 0 Å². The van der Waals surface area contributed by atoms with Crippen LogP contribution in [0.1, 0.15) is 0 Å². The standard InChI is InChI=1S/C7H9NO/c1-3-5-7(9)8-6-4-2/h3-6,9H,1-2H2/b7-5+,8-6-. The van der Waals surface area contributed by atoms with Gasteiger partial charge in [-0.15, -0.1) is 0 Å². The summed E-state index contributed by atoms with van der Waals surface area (Å²) >= 11 is 0. The van der Waals surface area contributed by atoms with Crippen LogP contribution in [0.4, 0.5) is 0 Å². The second-order valence-electron chi connectivity index (χ2n) is 1.27. The Hall–Kier alpha value is -1.31. The maximum absolute atomic E-state index is 8.72. The summed E-state index contributed by atoms with van der Waals surface area (Å²) in [5.74, 6) is -0.0649. The van der Waals surface area contributed by atoms with E-state index in [2.05, 4.69) is 18.2 Å². The molecule has 0 aliphatic carbocycles. The first-order chi connectivity index (χ1) is 4.31. The van der Waals surface area contributed by atoms with Crippen LogP contribution in [0.25, 0.3) is 0 Å². The summed E-state index contributed by atoms with van der Waals surface area (Å²) in [6.07, 6.45) is 5.72. The van der Waals surface area contributed by atoms with Crippen LogP contribution in [0.5, 0.6) is 0 Å². The van der Waals surface area contributed by atoms with Crippen molar-refractivity contribution in [3.05, 3.63) is 37.3 Å². The summed E-state index contributed by atoms with van der Waals surface area (Å²) < 4.78 is 0. The number of hydrogen-bond donors (Lipinski definition) is 1. The smallest absolute Gasteiger partial charge is 0.210 e. The Morgan fingerprint density at radius 2 is 2.00 bits per heavy atom. The number of aliphatic hydroxyl groups excluding tert-OH is 1. The van der Waals surface area contributed by atoms with Crippen molar-refractivity contribution in [2.75, 3.05) is 0 Å². The maximum atomic E-state index is 8.72. The van der Waals surface area contributed by atoms with Crippen LogP contribution in [-0.2, 0) is 0 Å². The Balaban J connectivity index is 3.88. The quantitative estimate of drug-likeness (QED) is 0.346. The van der Waals surface area contributed by atoms with Gasteiger partial charge in [-0.05, 0) is 6.08 Å². The second kappa shape index (κ2) is 4.84. The van der Waals surface area contributed by atoms with Gasteiger partial charge in [0.2, 0.25) is 5.88 Å². The molecule has 0 bridgehead atoms. The molecule has 0 rings (SSSR count). The molecule has 0 saturated heterocycles. The van der Waals surface area contributed by atoms with Crippen molar-refractivity contribution < 1.29 is 5.11 Å². The third-order valence-corrected chi connectivity index (χ3v) is 0.579. The average molecular weight is 123 g/mol. The molecule has 0 amide bonds. The monoisotopic (exact) mass is 123 g/mol. The molecule has 0 heterocycles. The Labute approximate surface area is 54.5 Å². The van der Waals surface area contributed by atoms with Gasteiger partial charge in [0.1, 0.15) is 0 Å². The predicted molar refractivity (Wildman–Crippen MR) is 39.6 cm³/mol. The van der Waals surface area contributed by atoms with Gasteiger partial charge in [0.25, 0.3) is 0 Å². The van der Waals surface area contributed by atoms with Crippen LogP contribution in [0.3, 0.4) is 0 Å². The molecule has 0 unspecified atom stereocenters. The molecule has 0 spiro atoms. The first-order valence-electron chi connectivity index (χ1n) is 2.48. The molecule has 48 valence electrons. The topological polar surface area (TPSA) is 32.6 Å². The van der Waals surface area contributed by atoms with E-state index in [1.807, 2.05) is 0 Å². The van der Waals surface area contributed by atoms with Crippen molar-refractivity contribution >= 4 is 6.21 Å². The number of aliphatic imine (C=N–C) groups is 1. The van der Waals surface area contributed by atoms with Crippen LogP contribution >= 0.6 is 0 Å². The highest BCUT2D eigenvalue weighted by Gasteiger charge is 1.76. The van der Waals surface area contributed by atoms with E-state index in [4.69, 9.17) is 5.11 Å². The van der Waals surface area contributed by atoms with Crippen molar-refractivity contribution in [2.45, 2.75) is 0 Å². The highest BCUT2D eigenvalue weighted by molar-refractivity contribution is 5.70. The molecule has 9 heavy (non-hydrogen) atoms. The third kappa shape index (κ3) is 4.55. The molecule has 0 aromatic heterocycles. The summed E-state index contributed by atoms with van der Waals surface area (Å²) in [4.78, 5) is 3.53. The number of rotatable bonds is 3. The van der Waals surface area contributed by atoms with E-state index in [1.54, 1.807) is 0 Å². The Kier molecular flexibility index (Phi) is 4.14. The van der Waals surface area contributed by atoms with Crippen molar-refractivity contribution in [3.8, 4) is 0 Å². The van der Waals surface area contributed by atoms with Gasteiger partial charge < -0.3 is 5.11 Å². The van der Waals surface area contributed by atoms with E-state index in [0.717, 1.165) is 0 Å². The lowest BCUT2D eigenvalue weighted by molar-refractivity contribution is 0.408. The molecule has 1 N–H and O–H groups in total. The zero-order valence-corrected chi connectivity index (χ0v) is 5.12. The summed E-state index contributed by atoms with van der Waals surface area (Å²) in [5.41, 5.74) is 0. The molecule has 2 heteroatoms. The van der Waals surface area contributed by atoms with Gasteiger partial charge in [-0.25, -0.2) is 4.99 Å². The van der Waals surface area contributed by atoms with Gasteiger partial charge >= 0.3 is 0 Å². The van der Waals surface area contributed by atoms with Gasteiger partial charge in [-0.1, -0.05) is 25.3 Å². The number of nitrogens with zero attached hydrogens (tertiary/aromatic N) is 1. The molecule has 0 aromatic rings. The largest absolute Gasteiger partial charge is 0.493 e. The lowest BCUT2D eigenvalue weighted by Crippen LogP contribution is -1.72. The predicted octanol–water partition coefficient (Wildman–Crippen LogP) is 1.83. The molecule has 0 fully saturated rings. The Morgan fingerprint density at radius 3 is 2.44 bits per heavy atom. The van der Waals surface area contributed by atoms with E-state index in [1.165, 1.54) is 24.4 Å². The fourth-order valence-corrected chi connectivity index (χ4v) is 0.278. The molecule has 0 radical (unpaired) electrons. The van der Waals surface area contributed by atoms with Gasteiger partial charge in [-0.3, -0.25) is 0 Å². The van der Waals surface area contributed by atoms with Crippen molar-refractivity contribution in [1.82, 2.24) is 0 Å². The summed E-state index contributed by atoms with van der Waals surface area (Å²) in [5, 5.41) is 8.72. The van der Waals surface area contributed by atoms with Crippen LogP contribution in [0.2, 0.25) is 0 Å². The maximum Gasteiger partial charge on any atom is 0.210 e. The third-order valence-electron chi connectivity index (χ3n) is 0.579. The van der Waals surface area contributed by atoms with E-state index in [0.29, 0.717) is 0 Å². The highest BCUT2D eigenvalue weighted by atomic mass is 16.3. The molecular weight excluding hydrogens is 114 g/mol. The van der Waals surface area contributed by atoms with Crippen LogP contribution in [0.15, 0.2) is 42.3 Å². The molecule has 0 aliphatic rings. The van der Waals surface area contributed by atoms with E-state index < -0.39 is 0 Å².